The first kappa shape index (κ1) is 18.0. The van der Waals surface area contributed by atoms with E-state index in [-0.39, 0.29) is 18.3 Å². The Labute approximate surface area is 158 Å². The fourth-order valence-corrected chi connectivity index (χ4v) is 2.95. The van der Waals surface area contributed by atoms with Crippen molar-refractivity contribution in [2.75, 3.05) is 26.1 Å². The minimum Gasteiger partial charge on any atom is -0.493 e. The van der Waals surface area contributed by atoms with Crippen LogP contribution in [0.4, 0.5) is 5.69 Å². The van der Waals surface area contributed by atoms with Gasteiger partial charge in [-0.05, 0) is 48.0 Å². The van der Waals surface area contributed by atoms with Gasteiger partial charge in [-0.15, -0.1) is 0 Å². The van der Waals surface area contributed by atoms with Crippen LogP contribution in [0.5, 0.6) is 17.2 Å². The number of methoxy groups -OCH3 is 2. The van der Waals surface area contributed by atoms with Gasteiger partial charge in [0.1, 0.15) is 5.75 Å². The molecule has 0 atom stereocenters. The smallest absolute Gasteiger partial charge is 0.262 e. The summed E-state index contributed by atoms with van der Waals surface area (Å²) in [5.41, 5.74) is 1.71. The van der Waals surface area contributed by atoms with Gasteiger partial charge in [-0.25, -0.2) is 0 Å². The number of hydrogen-bond donors (Lipinski definition) is 1. The minimum atomic E-state index is -0.244. The predicted octanol–water partition coefficient (Wildman–Crippen LogP) is 3.69. The first-order valence-electron chi connectivity index (χ1n) is 7.72. The molecule has 6 nitrogen and oxygen atoms in total. The van der Waals surface area contributed by atoms with Gasteiger partial charge >= 0.3 is 0 Å². The summed E-state index contributed by atoms with van der Waals surface area (Å²) in [4.78, 5) is 23.9. The van der Waals surface area contributed by atoms with E-state index in [1.54, 1.807) is 50.6 Å². The fraction of sp³-hybridized carbons (Fsp3) is 0.158. The van der Waals surface area contributed by atoms with E-state index >= 15 is 0 Å². The van der Waals surface area contributed by atoms with Gasteiger partial charge in [0.05, 0.1) is 19.9 Å². The quantitative estimate of drug-likeness (QED) is 0.592. The molecule has 0 saturated carbocycles. The van der Waals surface area contributed by atoms with Gasteiger partial charge in [0.15, 0.2) is 23.9 Å². The Bertz CT molecular complexity index is 907. The van der Waals surface area contributed by atoms with Crippen LogP contribution in [0.3, 0.4) is 0 Å². The molecule has 0 spiro atoms. The molecule has 0 aliphatic carbocycles. The Morgan fingerprint density at radius 1 is 1.19 bits per heavy atom. The second-order valence-electron chi connectivity index (χ2n) is 5.47. The highest BCUT2D eigenvalue weighted by Gasteiger charge is 2.17. The monoisotopic (exact) mass is 417 g/mol. The van der Waals surface area contributed by atoms with E-state index in [0.29, 0.717) is 28.5 Å². The van der Waals surface area contributed by atoms with Crippen LogP contribution in [0.15, 0.2) is 40.9 Å². The lowest BCUT2D eigenvalue weighted by Gasteiger charge is -2.18. The van der Waals surface area contributed by atoms with E-state index < -0.39 is 0 Å². The van der Waals surface area contributed by atoms with Crippen molar-refractivity contribution in [1.29, 1.82) is 0 Å². The van der Waals surface area contributed by atoms with Crippen LogP contribution in [-0.2, 0) is 4.79 Å². The van der Waals surface area contributed by atoms with Crippen molar-refractivity contribution >= 4 is 39.4 Å². The van der Waals surface area contributed by atoms with E-state index in [4.69, 9.17) is 14.2 Å². The molecule has 3 rings (SSSR count). The molecule has 0 saturated heterocycles. The normalized spacial score (nSPS) is 13.0. The standard InChI is InChI=1S/C19H16BrNO5/c1-24-17-8-11(13(20)9-18(17)25-2)3-5-15(22)12-4-6-16-14(7-12)21-19(23)10-26-16/h3-9H,10H2,1-2H3,(H,21,23). The predicted molar refractivity (Wildman–Crippen MR) is 101 cm³/mol. The lowest BCUT2D eigenvalue weighted by Crippen LogP contribution is -2.25. The number of ketones is 1. The molecule has 2 aromatic carbocycles. The van der Waals surface area contributed by atoms with Gasteiger partial charge in [-0.2, -0.15) is 0 Å². The summed E-state index contributed by atoms with van der Waals surface area (Å²) in [6.45, 7) is -0.0203. The van der Waals surface area contributed by atoms with Gasteiger partial charge in [0.25, 0.3) is 5.91 Å². The summed E-state index contributed by atoms with van der Waals surface area (Å²) in [7, 11) is 3.11. The lowest BCUT2D eigenvalue weighted by molar-refractivity contribution is -0.118. The Kier molecular flexibility index (Phi) is 5.27. The molecular formula is C19H16BrNO5. The number of anilines is 1. The molecular weight excluding hydrogens is 402 g/mol. The molecule has 1 aliphatic rings. The first-order chi connectivity index (χ1) is 12.5. The highest BCUT2D eigenvalue weighted by molar-refractivity contribution is 9.10. The Hall–Kier alpha value is -2.80. The van der Waals surface area contributed by atoms with E-state index in [1.165, 1.54) is 6.08 Å². The molecule has 1 amide bonds. The number of benzene rings is 2. The van der Waals surface area contributed by atoms with Crippen LogP contribution in [0, 0.1) is 0 Å². The van der Waals surface area contributed by atoms with Crippen LogP contribution in [0.1, 0.15) is 15.9 Å². The van der Waals surface area contributed by atoms with Crippen molar-refractivity contribution < 1.29 is 23.8 Å². The van der Waals surface area contributed by atoms with Crippen molar-refractivity contribution in [3.05, 3.63) is 52.0 Å². The molecule has 134 valence electrons. The van der Waals surface area contributed by atoms with E-state index in [0.717, 1.165) is 10.0 Å². The SMILES string of the molecule is COc1cc(Br)c(C=CC(=O)c2ccc3c(c2)NC(=O)CO3)cc1OC. The van der Waals surface area contributed by atoms with Crippen molar-refractivity contribution in [2.24, 2.45) is 0 Å². The van der Waals surface area contributed by atoms with Crippen molar-refractivity contribution in [3.8, 4) is 17.2 Å². The van der Waals surface area contributed by atoms with Crippen LogP contribution < -0.4 is 19.5 Å². The maximum absolute atomic E-state index is 12.5. The van der Waals surface area contributed by atoms with Crippen LogP contribution in [0.25, 0.3) is 6.08 Å². The van der Waals surface area contributed by atoms with Crippen molar-refractivity contribution in [1.82, 2.24) is 0 Å². The number of hydrogen-bond acceptors (Lipinski definition) is 5. The number of nitrogens with one attached hydrogen (secondary N) is 1. The third-order valence-electron chi connectivity index (χ3n) is 3.81. The number of rotatable bonds is 5. The zero-order chi connectivity index (χ0) is 18.7. The highest BCUT2D eigenvalue weighted by atomic mass is 79.9. The molecule has 26 heavy (non-hydrogen) atoms. The van der Waals surface area contributed by atoms with Gasteiger partial charge in [-0.3, -0.25) is 9.59 Å². The average Bonchev–Trinajstić information content (AvgIpc) is 2.65. The molecule has 0 fully saturated rings. The molecule has 1 aliphatic heterocycles. The summed E-state index contributed by atoms with van der Waals surface area (Å²) in [6.07, 6.45) is 3.14. The average molecular weight is 418 g/mol. The van der Waals surface area contributed by atoms with Crippen LogP contribution in [-0.4, -0.2) is 32.5 Å². The zero-order valence-electron chi connectivity index (χ0n) is 14.2. The van der Waals surface area contributed by atoms with Crippen molar-refractivity contribution in [2.45, 2.75) is 0 Å². The van der Waals surface area contributed by atoms with E-state index in [2.05, 4.69) is 21.2 Å². The maximum Gasteiger partial charge on any atom is 0.262 e. The molecule has 0 bridgehead atoms. The Balaban J connectivity index is 1.84. The van der Waals surface area contributed by atoms with Gasteiger partial charge in [0.2, 0.25) is 0 Å². The number of allylic oxidation sites excluding steroid dienone is 1. The molecule has 7 heteroatoms. The van der Waals surface area contributed by atoms with E-state index in [9.17, 15) is 9.59 Å². The zero-order valence-corrected chi connectivity index (χ0v) is 15.8. The number of fused-ring (bicyclic) bond motifs is 1. The first-order valence-corrected chi connectivity index (χ1v) is 8.51. The topological polar surface area (TPSA) is 73.9 Å². The molecule has 1 heterocycles. The number of carbonyl (C=O) groups excluding carboxylic acids is 2. The summed E-state index contributed by atoms with van der Waals surface area (Å²) in [5, 5.41) is 2.69. The van der Waals surface area contributed by atoms with Gasteiger partial charge in [-0.1, -0.05) is 15.9 Å². The third kappa shape index (κ3) is 3.72. The molecule has 1 N–H and O–H groups in total. The molecule has 0 unspecified atom stereocenters. The number of halogens is 1. The number of amides is 1. The maximum atomic E-state index is 12.5. The second kappa shape index (κ2) is 7.61. The Morgan fingerprint density at radius 3 is 2.65 bits per heavy atom. The minimum absolute atomic E-state index is 0.0203. The summed E-state index contributed by atoms with van der Waals surface area (Å²) >= 11 is 3.45. The van der Waals surface area contributed by atoms with Gasteiger partial charge < -0.3 is 19.5 Å². The lowest BCUT2D eigenvalue weighted by atomic mass is 10.1. The highest BCUT2D eigenvalue weighted by Crippen LogP contribution is 2.34. The largest absolute Gasteiger partial charge is 0.493 e. The van der Waals surface area contributed by atoms with Crippen LogP contribution >= 0.6 is 15.9 Å². The third-order valence-corrected chi connectivity index (χ3v) is 4.50. The summed E-state index contributed by atoms with van der Waals surface area (Å²) in [6, 6.07) is 8.47. The van der Waals surface area contributed by atoms with Gasteiger partial charge in [0, 0.05) is 10.0 Å². The summed E-state index contributed by atoms with van der Waals surface area (Å²) < 4.78 is 16.6. The van der Waals surface area contributed by atoms with Crippen LogP contribution in [0.2, 0.25) is 0 Å². The second-order valence-corrected chi connectivity index (χ2v) is 6.33. The van der Waals surface area contributed by atoms with Crippen molar-refractivity contribution in [3.63, 3.8) is 0 Å². The molecule has 2 aromatic rings. The summed E-state index contributed by atoms with van der Waals surface area (Å²) in [5.74, 6) is 1.26. The molecule has 0 aromatic heterocycles. The fourth-order valence-electron chi connectivity index (χ4n) is 2.50. The molecule has 0 radical (unpaired) electrons. The Morgan fingerprint density at radius 2 is 1.92 bits per heavy atom. The van der Waals surface area contributed by atoms with E-state index in [1.807, 2.05) is 0 Å². The number of ether oxygens (including phenoxy) is 3. The number of carbonyl (C=O) groups is 2.